The molecule has 7 heteroatoms. The Morgan fingerprint density at radius 1 is 0.968 bits per heavy atom. The molecule has 31 heavy (non-hydrogen) atoms. The van der Waals surface area contributed by atoms with Gasteiger partial charge in [0.15, 0.2) is 5.65 Å². The molecular formula is C24H30N6O. The fourth-order valence-corrected chi connectivity index (χ4v) is 4.74. The van der Waals surface area contributed by atoms with Gasteiger partial charge >= 0.3 is 6.03 Å². The lowest BCUT2D eigenvalue weighted by molar-refractivity contribution is 0.130. The number of carbonyl (C=O) groups excluding carboxylic acids is 1. The smallest absolute Gasteiger partial charge is 0.317 e. The van der Waals surface area contributed by atoms with Gasteiger partial charge in [0.1, 0.15) is 11.3 Å². The largest absolute Gasteiger partial charge is 0.335 e. The third-order valence-electron chi connectivity index (χ3n) is 6.46. The number of piperazine rings is 1. The number of urea groups is 1. The van der Waals surface area contributed by atoms with Crippen molar-refractivity contribution in [3.8, 4) is 5.69 Å². The number of para-hydroxylation sites is 1. The number of benzene rings is 1. The summed E-state index contributed by atoms with van der Waals surface area (Å²) in [4.78, 5) is 26.5. The van der Waals surface area contributed by atoms with Crippen molar-refractivity contribution >= 4 is 17.2 Å². The second-order valence-corrected chi connectivity index (χ2v) is 8.59. The Labute approximate surface area is 183 Å². The molecule has 5 rings (SSSR count). The Hall–Kier alpha value is -2.93. The first kappa shape index (κ1) is 20.0. The molecule has 3 heterocycles. The standard InChI is InChI=1S/C24H30N6O/c31-24(26-19-8-3-1-4-9-19)29-16-14-28(15-17-29)18-22-27-21-12-7-13-25-23(21)30(22)20-10-5-2-6-11-20/h2,5-7,10-13,19H,1,3-4,8-9,14-18H2,(H,26,31). The van der Waals surface area contributed by atoms with E-state index < -0.39 is 0 Å². The second kappa shape index (κ2) is 9.06. The van der Waals surface area contributed by atoms with Gasteiger partial charge in [-0.05, 0) is 37.1 Å². The van der Waals surface area contributed by atoms with Crippen LogP contribution >= 0.6 is 0 Å². The summed E-state index contributed by atoms with van der Waals surface area (Å²) in [7, 11) is 0. The molecular weight excluding hydrogens is 388 g/mol. The monoisotopic (exact) mass is 418 g/mol. The SMILES string of the molecule is O=C(NC1CCCCC1)N1CCN(Cc2nc3cccnc3n2-c2ccccc2)CC1. The highest BCUT2D eigenvalue weighted by molar-refractivity contribution is 5.75. The summed E-state index contributed by atoms with van der Waals surface area (Å²) < 4.78 is 2.15. The van der Waals surface area contributed by atoms with Gasteiger partial charge in [0.05, 0.1) is 6.54 Å². The molecule has 2 amide bonds. The number of imidazole rings is 1. The van der Waals surface area contributed by atoms with E-state index in [1.165, 1.54) is 19.3 Å². The summed E-state index contributed by atoms with van der Waals surface area (Å²) >= 11 is 0. The molecule has 0 atom stereocenters. The van der Waals surface area contributed by atoms with E-state index >= 15 is 0 Å². The Balaban J connectivity index is 1.26. The molecule has 1 aliphatic carbocycles. The van der Waals surface area contributed by atoms with Crippen molar-refractivity contribution in [2.45, 2.75) is 44.7 Å². The molecule has 0 radical (unpaired) electrons. The minimum Gasteiger partial charge on any atom is -0.335 e. The van der Waals surface area contributed by atoms with Crippen molar-refractivity contribution in [3.63, 3.8) is 0 Å². The van der Waals surface area contributed by atoms with Gasteiger partial charge in [-0.15, -0.1) is 0 Å². The maximum Gasteiger partial charge on any atom is 0.317 e. The number of fused-ring (bicyclic) bond motifs is 1. The van der Waals surface area contributed by atoms with Crippen LogP contribution in [0.5, 0.6) is 0 Å². The van der Waals surface area contributed by atoms with Gasteiger partial charge in [0.2, 0.25) is 0 Å². The van der Waals surface area contributed by atoms with E-state index in [0.717, 1.165) is 68.2 Å². The molecule has 7 nitrogen and oxygen atoms in total. The average Bonchev–Trinajstić information content (AvgIpc) is 3.18. The topological polar surface area (TPSA) is 66.3 Å². The molecule has 1 aliphatic heterocycles. The Morgan fingerprint density at radius 2 is 1.74 bits per heavy atom. The molecule has 162 valence electrons. The number of amides is 2. The zero-order chi connectivity index (χ0) is 21.0. The van der Waals surface area contributed by atoms with Gasteiger partial charge < -0.3 is 10.2 Å². The Morgan fingerprint density at radius 3 is 2.52 bits per heavy atom. The van der Waals surface area contributed by atoms with E-state index in [4.69, 9.17) is 4.98 Å². The molecule has 1 N–H and O–H groups in total. The maximum absolute atomic E-state index is 12.7. The Bertz CT molecular complexity index is 1020. The van der Waals surface area contributed by atoms with Crippen LogP contribution < -0.4 is 5.32 Å². The predicted octanol–water partition coefficient (Wildman–Crippen LogP) is 3.58. The first-order chi connectivity index (χ1) is 15.3. The van der Waals surface area contributed by atoms with Crippen LogP contribution in [0.4, 0.5) is 4.79 Å². The summed E-state index contributed by atoms with van der Waals surface area (Å²) in [5.74, 6) is 0.986. The molecule has 1 aromatic carbocycles. The van der Waals surface area contributed by atoms with Crippen LogP contribution in [-0.4, -0.2) is 62.6 Å². The predicted molar refractivity (Wildman–Crippen MR) is 121 cm³/mol. The highest BCUT2D eigenvalue weighted by Gasteiger charge is 2.25. The lowest BCUT2D eigenvalue weighted by atomic mass is 9.96. The fraction of sp³-hybridized carbons (Fsp3) is 0.458. The maximum atomic E-state index is 12.7. The van der Waals surface area contributed by atoms with Gasteiger partial charge in [-0.3, -0.25) is 9.47 Å². The van der Waals surface area contributed by atoms with E-state index in [0.29, 0.717) is 6.04 Å². The van der Waals surface area contributed by atoms with E-state index in [1.54, 1.807) is 0 Å². The summed E-state index contributed by atoms with van der Waals surface area (Å²) in [6.07, 6.45) is 7.82. The molecule has 1 saturated heterocycles. The number of nitrogens with zero attached hydrogens (tertiary/aromatic N) is 5. The van der Waals surface area contributed by atoms with Crippen LogP contribution in [0.2, 0.25) is 0 Å². The van der Waals surface area contributed by atoms with Gasteiger partial charge in [-0.25, -0.2) is 14.8 Å². The van der Waals surface area contributed by atoms with Crippen molar-refractivity contribution in [2.75, 3.05) is 26.2 Å². The highest BCUT2D eigenvalue weighted by atomic mass is 16.2. The van der Waals surface area contributed by atoms with Gasteiger partial charge in [0, 0.05) is 44.1 Å². The van der Waals surface area contributed by atoms with Crippen LogP contribution in [0.1, 0.15) is 37.9 Å². The van der Waals surface area contributed by atoms with Crippen molar-refractivity contribution < 1.29 is 4.79 Å². The lowest BCUT2D eigenvalue weighted by Crippen LogP contribution is -2.53. The number of hydrogen-bond donors (Lipinski definition) is 1. The van der Waals surface area contributed by atoms with Crippen LogP contribution in [0.25, 0.3) is 16.9 Å². The molecule has 2 aliphatic rings. The highest BCUT2D eigenvalue weighted by Crippen LogP contribution is 2.22. The van der Waals surface area contributed by atoms with Crippen LogP contribution in [0, 0.1) is 0 Å². The van der Waals surface area contributed by atoms with E-state index in [2.05, 4.69) is 31.9 Å². The van der Waals surface area contributed by atoms with Crippen molar-refractivity contribution in [2.24, 2.45) is 0 Å². The van der Waals surface area contributed by atoms with Crippen molar-refractivity contribution in [1.29, 1.82) is 0 Å². The summed E-state index contributed by atoms with van der Waals surface area (Å²) in [5, 5.41) is 3.25. The molecule has 3 aromatic rings. The second-order valence-electron chi connectivity index (χ2n) is 8.59. The van der Waals surface area contributed by atoms with Gasteiger partial charge in [-0.1, -0.05) is 37.5 Å². The number of pyridine rings is 1. The summed E-state index contributed by atoms with van der Waals surface area (Å²) in [5.41, 5.74) is 2.87. The zero-order valence-electron chi connectivity index (χ0n) is 17.9. The first-order valence-electron chi connectivity index (χ1n) is 11.4. The Kier molecular flexibility index (Phi) is 5.84. The lowest BCUT2D eigenvalue weighted by Gasteiger charge is -2.35. The number of hydrogen-bond acceptors (Lipinski definition) is 4. The third-order valence-corrected chi connectivity index (χ3v) is 6.46. The van der Waals surface area contributed by atoms with E-state index in [9.17, 15) is 4.79 Å². The van der Waals surface area contributed by atoms with Crippen molar-refractivity contribution in [3.05, 3.63) is 54.5 Å². The summed E-state index contributed by atoms with van der Waals surface area (Å²) in [6, 6.07) is 14.7. The van der Waals surface area contributed by atoms with Crippen LogP contribution in [0.3, 0.4) is 0 Å². The van der Waals surface area contributed by atoms with E-state index in [-0.39, 0.29) is 6.03 Å². The molecule has 2 aromatic heterocycles. The van der Waals surface area contributed by atoms with Gasteiger partial charge in [0.25, 0.3) is 0 Å². The number of aromatic nitrogens is 3. The number of nitrogens with one attached hydrogen (secondary N) is 1. The van der Waals surface area contributed by atoms with Gasteiger partial charge in [-0.2, -0.15) is 0 Å². The normalized spacial score (nSPS) is 18.4. The fourth-order valence-electron chi connectivity index (χ4n) is 4.74. The minimum absolute atomic E-state index is 0.104. The molecule has 1 saturated carbocycles. The van der Waals surface area contributed by atoms with E-state index in [1.807, 2.05) is 41.4 Å². The summed E-state index contributed by atoms with van der Waals surface area (Å²) in [6.45, 7) is 3.95. The molecule has 0 unspecified atom stereocenters. The minimum atomic E-state index is 0.104. The first-order valence-corrected chi connectivity index (χ1v) is 11.4. The quantitative estimate of drug-likeness (QED) is 0.703. The van der Waals surface area contributed by atoms with Crippen LogP contribution in [-0.2, 0) is 6.54 Å². The van der Waals surface area contributed by atoms with Crippen molar-refractivity contribution in [1.82, 2.24) is 29.7 Å². The average molecular weight is 419 g/mol. The zero-order valence-corrected chi connectivity index (χ0v) is 17.9. The third kappa shape index (κ3) is 4.42. The number of rotatable bonds is 4. The molecule has 0 bridgehead atoms. The molecule has 2 fully saturated rings. The molecule has 0 spiro atoms. The van der Waals surface area contributed by atoms with Crippen LogP contribution in [0.15, 0.2) is 48.7 Å². The number of carbonyl (C=O) groups is 1.